The molecule has 0 aliphatic carbocycles. The Morgan fingerprint density at radius 3 is 1.96 bits per heavy atom. The largest absolute Gasteiger partial charge is 0.497 e. The Kier molecular flexibility index (Phi) is 7.33. The second kappa shape index (κ2) is 9.93. The van der Waals surface area contributed by atoms with Crippen molar-refractivity contribution in [1.82, 2.24) is 10.6 Å². The van der Waals surface area contributed by atoms with Gasteiger partial charge in [0.1, 0.15) is 5.75 Å². The van der Waals surface area contributed by atoms with Gasteiger partial charge in [-0.15, -0.1) is 0 Å². The molecule has 142 valence electrons. The smallest absolute Gasteiger partial charge is 0.255 e. The standard InChI is InChI=1S/C19H22N4O4/c1-20-17(24)11-21-12-18(25)22-14-5-3-13(4-6-14)19(26)23-15-7-9-16(27-2)10-8-15/h3-10,21H,11-12H2,1-2H3,(H,20,24)(H,22,25)(H,23,26). The number of carbonyl (C=O) groups is 3. The molecule has 0 unspecified atom stereocenters. The number of benzene rings is 2. The molecule has 27 heavy (non-hydrogen) atoms. The molecule has 0 radical (unpaired) electrons. The van der Waals surface area contributed by atoms with E-state index in [1.807, 2.05) is 0 Å². The normalized spacial score (nSPS) is 10.0. The van der Waals surface area contributed by atoms with Gasteiger partial charge in [-0.25, -0.2) is 0 Å². The van der Waals surface area contributed by atoms with E-state index in [0.717, 1.165) is 0 Å². The predicted molar refractivity (Wildman–Crippen MR) is 103 cm³/mol. The van der Waals surface area contributed by atoms with Gasteiger partial charge in [-0.05, 0) is 48.5 Å². The third-order valence-corrected chi connectivity index (χ3v) is 3.63. The molecule has 0 heterocycles. The first kappa shape index (κ1) is 19.9. The maximum atomic E-state index is 12.3. The number of methoxy groups -OCH3 is 1. The molecular formula is C19H22N4O4. The molecule has 2 aromatic rings. The van der Waals surface area contributed by atoms with Crippen LogP contribution in [0.2, 0.25) is 0 Å². The highest BCUT2D eigenvalue weighted by Gasteiger charge is 2.08. The summed E-state index contributed by atoms with van der Waals surface area (Å²) in [6.07, 6.45) is 0. The summed E-state index contributed by atoms with van der Waals surface area (Å²) in [6, 6.07) is 13.5. The molecule has 3 amide bonds. The van der Waals surface area contributed by atoms with Gasteiger partial charge in [-0.1, -0.05) is 0 Å². The zero-order valence-corrected chi connectivity index (χ0v) is 15.2. The Morgan fingerprint density at radius 2 is 1.37 bits per heavy atom. The van der Waals surface area contributed by atoms with E-state index in [4.69, 9.17) is 4.74 Å². The van der Waals surface area contributed by atoms with Crippen molar-refractivity contribution >= 4 is 29.1 Å². The summed E-state index contributed by atoms with van der Waals surface area (Å²) >= 11 is 0. The number of anilines is 2. The molecule has 0 aliphatic heterocycles. The van der Waals surface area contributed by atoms with Crippen LogP contribution in [0.25, 0.3) is 0 Å². The van der Waals surface area contributed by atoms with E-state index >= 15 is 0 Å². The SMILES string of the molecule is CNC(=O)CNCC(=O)Nc1ccc(C(=O)Nc2ccc(OC)cc2)cc1. The number of hydrogen-bond acceptors (Lipinski definition) is 5. The molecule has 8 heteroatoms. The third kappa shape index (κ3) is 6.44. The minimum atomic E-state index is -0.283. The zero-order chi connectivity index (χ0) is 19.6. The fourth-order valence-corrected chi connectivity index (χ4v) is 2.17. The number of rotatable bonds is 8. The van der Waals surface area contributed by atoms with Crippen molar-refractivity contribution in [2.75, 3.05) is 37.9 Å². The number of amides is 3. The lowest BCUT2D eigenvalue weighted by atomic mass is 10.2. The van der Waals surface area contributed by atoms with Gasteiger partial charge < -0.3 is 20.7 Å². The molecule has 0 spiro atoms. The van der Waals surface area contributed by atoms with Crippen LogP contribution in [-0.4, -0.2) is 45.0 Å². The molecule has 0 bridgehead atoms. The average Bonchev–Trinajstić information content (AvgIpc) is 2.68. The summed E-state index contributed by atoms with van der Waals surface area (Å²) in [5.41, 5.74) is 1.67. The minimum absolute atomic E-state index is 0.00707. The molecule has 0 atom stereocenters. The van der Waals surface area contributed by atoms with Gasteiger partial charge in [0.05, 0.1) is 20.2 Å². The number of likely N-dealkylation sites (N-methyl/N-ethyl adjacent to an activating group) is 1. The van der Waals surface area contributed by atoms with E-state index in [1.54, 1.807) is 55.6 Å². The molecule has 0 aromatic heterocycles. The summed E-state index contributed by atoms with van der Waals surface area (Å²) in [7, 11) is 3.10. The molecule has 2 rings (SSSR count). The number of hydrogen-bond donors (Lipinski definition) is 4. The van der Waals surface area contributed by atoms with Crippen LogP contribution in [0.1, 0.15) is 10.4 Å². The molecule has 0 saturated heterocycles. The second-order valence-corrected chi connectivity index (χ2v) is 5.58. The Balaban J connectivity index is 1.85. The van der Waals surface area contributed by atoms with Gasteiger partial charge in [-0.3, -0.25) is 19.7 Å². The molecular weight excluding hydrogens is 348 g/mol. The van der Waals surface area contributed by atoms with Crippen molar-refractivity contribution in [2.24, 2.45) is 0 Å². The Labute approximate surface area is 157 Å². The zero-order valence-electron chi connectivity index (χ0n) is 15.2. The van der Waals surface area contributed by atoms with Crippen molar-refractivity contribution in [3.63, 3.8) is 0 Å². The quantitative estimate of drug-likeness (QED) is 0.559. The Morgan fingerprint density at radius 1 is 0.815 bits per heavy atom. The minimum Gasteiger partial charge on any atom is -0.497 e. The molecule has 8 nitrogen and oxygen atoms in total. The van der Waals surface area contributed by atoms with Crippen LogP contribution in [-0.2, 0) is 9.59 Å². The molecule has 4 N–H and O–H groups in total. The number of ether oxygens (including phenoxy) is 1. The first-order chi connectivity index (χ1) is 13.0. The van der Waals surface area contributed by atoms with Crippen molar-refractivity contribution in [3.05, 3.63) is 54.1 Å². The summed E-state index contributed by atoms with van der Waals surface area (Å²) < 4.78 is 5.07. The lowest BCUT2D eigenvalue weighted by Crippen LogP contribution is -2.36. The Hall–Kier alpha value is -3.39. The van der Waals surface area contributed by atoms with E-state index in [1.165, 1.54) is 7.05 Å². The van der Waals surface area contributed by atoms with E-state index in [-0.39, 0.29) is 30.8 Å². The van der Waals surface area contributed by atoms with Gasteiger partial charge in [-0.2, -0.15) is 0 Å². The van der Waals surface area contributed by atoms with Crippen molar-refractivity contribution in [1.29, 1.82) is 0 Å². The van der Waals surface area contributed by atoms with Gasteiger partial charge >= 0.3 is 0 Å². The molecule has 0 fully saturated rings. The lowest BCUT2D eigenvalue weighted by molar-refractivity contribution is -0.120. The number of nitrogens with one attached hydrogen (secondary N) is 4. The summed E-state index contributed by atoms with van der Waals surface area (Å²) in [4.78, 5) is 35.1. The lowest BCUT2D eigenvalue weighted by Gasteiger charge is -2.08. The van der Waals surface area contributed by atoms with Crippen molar-refractivity contribution in [2.45, 2.75) is 0 Å². The van der Waals surface area contributed by atoms with E-state index in [0.29, 0.717) is 22.7 Å². The van der Waals surface area contributed by atoms with Gasteiger partial charge in [0, 0.05) is 24.0 Å². The third-order valence-electron chi connectivity index (χ3n) is 3.63. The molecule has 0 aliphatic rings. The van der Waals surface area contributed by atoms with Gasteiger partial charge in [0.2, 0.25) is 11.8 Å². The van der Waals surface area contributed by atoms with Gasteiger partial charge in [0.25, 0.3) is 5.91 Å². The molecule has 2 aromatic carbocycles. The van der Waals surface area contributed by atoms with Crippen LogP contribution in [0.4, 0.5) is 11.4 Å². The van der Waals surface area contributed by atoms with Gasteiger partial charge in [0.15, 0.2) is 0 Å². The summed E-state index contributed by atoms with van der Waals surface area (Å²) in [5.74, 6) is -0.0347. The van der Waals surface area contributed by atoms with Crippen molar-refractivity contribution < 1.29 is 19.1 Å². The fourth-order valence-electron chi connectivity index (χ4n) is 2.17. The van der Waals surface area contributed by atoms with Crippen LogP contribution in [0.15, 0.2) is 48.5 Å². The highest BCUT2D eigenvalue weighted by Crippen LogP contribution is 2.16. The fraction of sp³-hybridized carbons (Fsp3) is 0.211. The van der Waals surface area contributed by atoms with Crippen LogP contribution in [0.3, 0.4) is 0 Å². The van der Waals surface area contributed by atoms with E-state index in [9.17, 15) is 14.4 Å². The molecule has 0 saturated carbocycles. The van der Waals surface area contributed by atoms with Crippen LogP contribution in [0.5, 0.6) is 5.75 Å². The average molecular weight is 370 g/mol. The summed E-state index contributed by atoms with van der Waals surface area (Å²) in [5, 5.41) is 10.6. The first-order valence-corrected chi connectivity index (χ1v) is 8.28. The second-order valence-electron chi connectivity index (χ2n) is 5.58. The maximum absolute atomic E-state index is 12.3. The topological polar surface area (TPSA) is 109 Å². The summed E-state index contributed by atoms with van der Waals surface area (Å²) in [6.45, 7) is 0.0709. The van der Waals surface area contributed by atoms with Crippen LogP contribution < -0.4 is 26.0 Å². The van der Waals surface area contributed by atoms with Crippen LogP contribution in [0, 0.1) is 0 Å². The first-order valence-electron chi connectivity index (χ1n) is 8.28. The van der Waals surface area contributed by atoms with Crippen LogP contribution >= 0.6 is 0 Å². The highest BCUT2D eigenvalue weighted by molar-refractivity contribution is 6.04. The number of carbonyl (C=O) groups excluding carboxylic acids is 3. The van der Waals surface area contributed by atoms with E-state index in [2.05, 4.69) is 21.3 Å². The van der Waals surface area contributed by atoms with E-state index < -0.39 is 0 Å². The predicted octanol–water partition coefficient (Wildman–Crippen LogP) is 1.22. The maximum Gasteiger partial charge on any atom is 0.255 e. The highest BCUT2D eigenvalue weighted by atomic mass is 16.5. The monoisotopic (exact) mass is 370 g/mol. The van der Waals surface area contributed by atoms with Crippen molar-refractivity contribution in [3.8, 4) is 5.75 Å². The Bertz CT molecular complexity index is 788.